The molecule has 0 fully saturated rings. The van der Waals surface area contributed by atoms with Crippen LogP contribution in [0.5, 0.6) is 0 Å². The first kappa shape index (κ1) is 15.0. The van der Waals surface area contributed by atoms with E-state index < -0.39 is 0 Å². The van der Waals surface area contributed by atoms with Gasteiger partial charge in [0.15, 0.2) is 5.82 Å². The molecule has 0 spiro atoms. The van der Waals surface area contributed by atoms with Gasteiger partial charge in [-0.2, -0.15) is 4.98 Å². The van der Waals surface area contributed by atoms with Crippen LogP contribution in [0.25, 0.3) is 0 Å². The number of hydrogen-bond acceptors (Lipinski definition) is 5. The molecule has 2 aromatic rings. The largest absolute Gasteiger partial charge is 0.338 e. The number of benzene rings is 1. The first-order valence-corrected chi connectivity index (χ1v) is 7.32. The molecule has 1 aromatic heterocycles. The quantitative estimate of drug-likeness (QED) is 0.874. The molecule has 0 saturated carbocycles. The van der Waals surface area contributed by atoms with E-state index in [-0.39, 0.29) is 17.3 Å². The normalized spacial score (nSPS) is 13.4. The standard InChI is InChI=1S/C14H18FN3OS/c1-14(2,3)12(16)13-17-11(18-19-13)8-20-10-7-5-4-6-9(10)15/h4-7,12H,8,16H2,1-3H3/t12-/m1/s1. The fourth-order valence-electron chi connectivity index (χ4n) is 1.53. The van der Waals surface area contributed by atoms with E-state index in [1.54, 1.807) is 18.2 Å². The Bertz CT molecular complexity index is 580. The minimum absolute atomic E-state index is 0.150. The molecule has 0 aliphatic carbocycles. The topological polar surface area (TPSA) is 64.9 Å². The second kappa shape index (κ2) is 5.93. The highest BCUT2D eigenvalue weighted by atomic mass is 32.2. The van der Waals surface area contributed by atoms with Crippen molar-refractivity contribution in [3.8, 4) is 0 Å². The molecule has 1 atom stereocenters. The lowest BCUT2D eigenvalue weighted by Gasteiger charge is -2.23. The third-order valence-corrected chi connectivity index (χ3v) is 3.92. The van der Waals surface area contributed by atoms with Crippen LogP contribution in [0.3, 0.4) is 0 Å². The molecule has 1 heterocycles. The van der Waals surface area contributed by atoms with Crippen molar-refractivity contribution in [1.29, 1.82) is 0 Å². The van der Waals surface area contributed by atoms with E-state index in [0.717, 1.165) is 0 Å². The minimum Gasteiger partial charge on any atom is -0.338 e. The van der Waals surface area contributed by atoms with Crippen molar-refractivity contribution in [3.63, 3.8) is 0 Å². The number of halogens is 1. The van der Waals surface area contributed by atoms with Gasteiger partial charge in [0.25, 0.3) is 0 Å². The van der Waals surface area contributed by atoms with E-state index in [2.05, 4.69) is 10.1 Å². The first-order chi connectivity index (χ1) is 9.38. The molecule has 0 unspecified atom stereocenters. The minimum atomic E-state index is -0.317. The lowest BCUT2D eigenvalue weighted by Crippen LogP contribution is -2.26. The molecule has 2 N–H and O–H groups in total. The summed E-state index contributed by atoms with van der Waals surface area (Å²) in [5.74, 6) is 1.14. The van der Waals surface area contributed by atoms with E-state index in [1.807, 2.05) is 20.8 Å². The number of rotatable bonds is 4. The van der Waals surface area contributed by atoms with Gasteiger partial charge in [0.05, 0.1) is 11.8 Å². The zero-order valence-corrected chi connectivity index (χ0v) is 12.6. The lowest BCUT2D eigenvalue weighted by atomic mass is 9.87. The van der Waals surface area contributed by atoms with Crippen molar-refractivity contribution in [2.75, 3.05) is 0 Å². The molecule has 0 radical (unpaired) electrons. The van der Waals surface area contributed by atoms with Crippen LogP contribution in [-0.4, -0.2) is 10.1 Å². The maximum absolute atomic E-state index is 13.5. The third kappa shape index (κ3) is 3.58. The Labute approximate surface area is 121 Å². The number of nitrogens with two attached hydrogens (primary N) is 1. The maximum atomic E-state index is 13.5. The van der Waals surface area contributed by atoms with Crippen LogP contribution in [-0.2, 0) is 5.75 Å². The Morgan fingerprint density at radius 1 is 1.35 bits per heavy atom. The Morgan fingerprint density at radius 2 is 2.05 bits per heavy atom. The predicted octanol–water partition coefficient (Wildman–Crippen LogP) is 3.55. The van der Waals surface area contributed by atoms with Gasteiger partial charge in [-0.15, -0.1) is 11.8 Å². The fraction of sp³-hybridized carbons (Fsp3) is 0.429. The second-order valence-electron chi connectivity index (χ2n) is 5.61. The molecule has 1 aromatic carbocycles. The van der Waals surface area contributed by atoms with E-state index in [9.17, 15) is 4.39 Å². The highest BCUT2D eigenvalue weighted by Gasteiger charge is 2.27. The molecular formula is C14H18FN3OS. The van der Waals surface area contributed by atoms with Crippen LogP contribution >= 0.6 is 11.8 Å². The summed E-state index contributed by atoms with van der Waals surface area (Å²) < 4.78 is 18.7. The molecule has 0 saturated heterocycles. The summed E-state index contributed by atoms with van der Waals surface area (Å²) in [6.45, 7) is 6.03. The second-order valence-corrected chi connectivity index (χ2v) is 6.63. The summed E-state index contributed by atoms with van der Waals surface area (Å²) in [4.78, 5) is 4.84. The lowest BCUT2D eigenvalue weighted by molar-refractivity contribution is 0.252. The summed E-state index contributed by atoms with van der Waals surface area (Å²) >= 11 is 1.33. The summed E-state index contributed by atoms with van der Waals surface area (Å²) in [7, 11) is 0. The molecule has 4 nitrogen and oxygen atoms in total. The first-order valence-electron chi connectivity index (χ1n) is 6.33. The van der Waals surface area contributed by atoms with E-state index in [0.29, 0.717) is 22.4 Å². The zero-order valence-electron chi connectivity index (χ0n) is 11.8. The van der Waals surface area contributed by atoms with Gasteiger partial charge >= 0.3 is 0 Å². The van der Waals surface area contributed by atoms with E-state index in [1.165, 1.54) is 17.8 Å². The Morgan fingerprint density at radius 3 is 2.70 bits per heavy atom. The van der Waals surface area contributed by atoms with Crippen LogP contribution in [0.4, 0.5) is 4.39 Å². The van der Waals surface area contributed by atoms with Crippen LogP contribution in [0.15, 0.2) is 33.7 Å². The van der Waals surface area contributed by atoms with Crippen LogP contribution in [0.2, 0.25) is 0 Å². The summed E-state index contributed by atoms with van der Waals surface area (Å²) in [6, 6.07) is 6.29. The fourth-order valence-corrected chi connectivity index (χ4v) is 2.31. The molecule has 6 heteroatoms. The van der Waals surface area contributed by atoms with Gasteiger partial charge in [-0.1, -0.05) is 38.1 Å². The van der Waals surface area contributed by atoms with Crippen molar-refractivity contribution < 1.29 is 8.91 Å². The maximum Gasteiger partial charge on any atom is 0.244 e. The van der Waals surface area contributed by atoms with Crippen molar-refractivity contribution in [3.05, 3.63) is 41.8 Å². The smallest absolute Gasteiger partial charge is 0.244 e. The van der Waals surface area contributed by atoms with Gasteiger partial charge in [-0.05, 0) is 17.5 Å². The molecule has 2 rings (SSSR count). The Balaban J connectivity index is 2.02. The average Bonchev–Trinajstić information content (AvgIpc) is 2.84. The van der Waals surface area contributed by atoms with Crippen molar-refractivity contribution in [2.45, 2.75) is 37.5 Å². The molecule has 0 amide bonds. The monoisotopic (exact) mass is 295 g/mol. The Hall–Kier alpha value is -1.40. The van der Waals surface area contributed by atoms with Crippen molar-refractivity contribution in [1.82, 2.24) is 10.1 Å². The van der Waals surface area contributed by atoms with Gasteiger partial charge in [-0.3, -0.25) is 0 Å². The number of thioether (sulfide) groups is 1. The van der Waals surface area contributed by atoms with Crippen molar-refractivity contribution >= 4 is 11.8 Å². The summed E-state index contributed by atoms with van der Waals surface area (Å²) in [5, 5.41) is 3.89. The number of aromatic nitrogens is 2. The number of nitrogens with zero attached hydrogens (tertiary/aromatic N) is 2. The summed E-state index contributed by atoms with van der Waals surface area (Å²) in [6.07, 6.45) is 0. The van der Waals surface area contributed by atoms with Crippen molar-refractivity contribution in [2.24, 2.45) is 11.1 Å². The molecule has 0 aliphatic heterocycles. The molecule has 0 aliphatic rings. The van der Waals surface area contributed by atoms with Gasteiger partial charge in [-0.25, -0.2) is 4.39 Å². The highest BCUT2D eigenvalue weighted by Crippen LogP contribution is 2.30. The molecule has 108 valence electrons. The molecular weight excluding hydrogens is 277 g/mol. The van der Waals surface area contributed by atoms with E-state index in [4.69, 9.17) is 10.3 Å². The average molecular weight is 295 g/mol. The molecule has 0 bridgehead atoms. The van der Waals surface area contributed by atoms with Gasteiger partial charge in [0, 0.05) is 4.90 Å². The molecule has 20 heavy (non-hydrogen) atoms. The zero-order chi connectivity index (χ0) is 14.8. The van der Waals surface area contributed by atoms with E-state index >= 15 is 0 Å². The van der Waals surface area contributed by atoms with Crippen LogP contribution in [0.1, 0.15) is 38.5 Å². The predicted molar refractivity (Wildman–Crippen MR) is 76.6 cm³/mol. The van der Waals surface area contributed by atoms with Gasteiger partial charge < -0.3 is 10.3 Å². The third-order valence-electron chi connectivity index (χ3n) is 2.88. The SMILES string of the molecule is CC(C)(C)[C@H](N)c1nc(CSc2ccccc2F)no1. The number of hydrogen-bond donors (Lipinski definition) is 1. The van der Waals surface area contributed by atoms with Crippen LogP contribution in [0, 0.1) is 11.2 Å². The Kier molecular flexibility index (Phi) is 4.45. The highest BCUT2D eigenvalue weighted by molar-refractivity contribution is 7.98. The van der Waals surface area contributed by atoms with Gasteiger partial charge in [0.1, 0.15) is 5.82 Å². The van der Waals surface area contributed by atoms with Crippen LogP contribution < -0.4 is 5.73 Å². The summed E-state index contributed by atoms with van der Waals surface area (Å²) in [5.41, 5.74) is 5.90. The van der Waals surface area contributed by atoms with Gasteiger partial charge in [0.2, 0.25) is 5.89 Å².